The molecule has 0 aliphatic carbocycles. The maximum atomic E-state index is 13.4. The van der Waals surface area contributed by atoms with E-state index in [0.717, 1.165) is 133 Å². The van der Waals surface area contributed by atoms with Crippen LogP contribution in [0, 0.1) is 0 Å². The van der Waals surface area contributed by atoms with E-state index >= 15 is 0 Å². The van der Waals surface area contributed by atoms with Crippen LogP contribution in [-0.4, -0.2) is 110 Å². The van der Waals surface area contributed by atoms with Crippen molar-refractivity contribution in [3.05, 3.63) is 96.1 Å². The van der Waals surface area contributed by atoms with E-state index in [1.165, 1.54) is 38.5 Å². The summed E-state index contributed by atoms with van der Waals surface area (Å²) in [6.45, 7) is 10.8. The van der Waals surface area contributed by atoms with Crippen LogP contribution >= 0.6 is 0 Å². The molecule has 11 heteroatoms. The molecule has 4 heterocycles. The van der Waals surface area contributed by atoms with Crippen molar-refractivity contribution in [1.29, 1.82) is 0 Å². The normalized spacial score (nSPS) is 15.2. The highest BCUT2D eigenvalue weighted by molar-refractivity contribution is 6.15. The van der Waals surface area contributed by atoms with Crippen LogP contribution in [-0.2, 0) is 0 Å². The van der Waals surface area contributed by atoms with Crippen LogP contribution in [0.25, 0.3) is 43.6 Å². The molecule has 0 radical (unpaired) electrons. The number of nitrogens with zero attached hydrogens (tertiary/aromatic N) is 4. The highest BCUT2D eigenvalue weighted by Gasteiger charge is 2.19. The first kappa shape index (κ1) is 40.4. The lowest BCUT2D eigenvalue weighted by Crippen LogP contribution is -2.37. The van der Waals surface area contributed by atoms with Crippen LogP contribution in [0.5, 0.6) is 0 Å². The lowest BCUT2D eigenvalue weighted by molar-refractivity contribution is 0.0940. The minimum Gasteiger partial charge on any atom is -0.384 e. The van der Waals surface area contributed by atoms with Gasteiger partial charge in [0.1, 0.15) is 0 Å². The average Bonchev–Trinajstić information content (AvgIpc) is 3.28. The summed E-state index contributed by atoms with van der Waals surface area (Å²) in [5, 5.41) is 21.4. The molecule has 0 saturated carbocycles. The maximum absolute atomic E-state index is 13.4. The molecule has 4 aromatic carbocycles. The highest BCUT2D eigenvalue weighted by Crippen LogP contribution is 2.34. The second-order valence-corrected chi connectivity index (χ2v) is 16.0. The van der Waals surface area contributed by atoms with E-state index in [1.54, 1.807) is 0 Å². The van der Waals surface area contributed by atoms with Gasteiger partial charge in [0.05, 0.1) is 44.6 Å². The van der Waals surface area contributed by atoms with E-state index in [0.29, 0.717) is 24.2 Å². The summed E-state index contributed by atoms with van der Waals surface area (Å²) in [7, 11) is 0. The van der Waals surface area contributed by atoms with E-state index < -0.39 is 0 Å². The second-order valence-electron chi connectivity index (χ2n) is 16.0. The molecule has 5 N–H and O–H groups in total. The molecule has 2 aliphatic rings. The van der Waals surface area contributed by atoms with Crippen molar-refractivity contribution < 1.29 is 9.59 Å². The standard InChI is InChI=1S/C48H59N9O2/c58-47(52-27-33-56-29-7-1-8-30-56)39-19-11-17-37-43(35-15-3-5-21-41(35)54-45(37)39)50-25-13-23-49-24-14-26-51-44-36-16-4-6-22-42(36)55-46-38(44)18-12-20-40(46)48(59)53-28-34-57-31-9-2-10-32-57/h3-6,11-12,15-22,49H,1-2,7-10,13-14,23-34H2,(H,50,54)(H,51,55)(H,52,58)(H,53,59). The Hall–Kier alpha value is -5.36. The molecule has 0 atom stereocenters. The molecule has 8 rings (SSSR count). The average molecular weight is 794 g/mol. The molecule has 0 spiro atoms. The first-order valence-electron chi connectivity index (χ1n) is 22.0. The van der Waals surface area contributed by atoms with E-state index in [1.807, 2.05) is 60.7 Å². The number of hydrogen-bond acceptors (Lipinski definition) is 9. The molecule has 2 aliphatic heterocycles. The van der Waals surface area contributed by atoms with Crippen molar-refractivity contribution in [2.24, 2.45) is 0 Å². The summed E-state index contributed by atoms with van der Waals surface area (Å²) in [6.07, 6.45) is 9.44. The Morgan fingerprint density at radius 1 is 0.475 bits per heavy atom. The topological polar surface area (TPSA) is 127 Å². The molecular weight excluding hydrogens is 735 g/mol. The number of anilines is 2. The van der Waals surface area contributed by atoms with Gasteiger partial charge in [-0.2, -0.15) is 0 Å². The predicted octanol–water partition coefficient (Wildman–Crippen LogP) is 7.41. The van der Waals surface area contributed by atoms with E-state index in [-0.39, 0.29) is 11.8 Å². The number of piperidine rings is 2. The summed E-state index contributed by atoms with van der Waals surface area (Å²) in [5.41, 5.74) is 6.48. The zero-order valence-corrected chi connectivity index (χ0v) is 34.3. The number of para-hydroxylation sites is 4. The van der Waals surface area contributed by atoms with Crippen molar-refractivity contribution in [3.8, 4) is 0 Å². The number of pyridine rings is 2. The molecule has 0 unspecified atom stereocenters. The van der Waals surface area contributed by atoms with Crippen molar-refractivity contribution in [2.75, 3.05) is 89.2 Å². The van der Waals surface area contributed by atoms with Crippen LogP contribution in [0.3, 0.4) is 0 Å². The number of amides is 2. The fourth-order valence-electron chi connectivity index (χ4n) is 8.77. The van der Waals surface area contributed by atoms with Crippen molar-refractivity contribution in [2.45, 2.75) is 51.4 Å². The first-order chi connectivity index (χ1) is 29.1. The Bertz CT molecular complexity index is 2210. The second kappa shape index (κ2) is 20.1. The number of nitrogens with one attached hydrogen (secondary N) is 5. The molecule has 2 aromatic heterocycles. The minimum absolute atomic E-state index is 0.0728. The lowest BCUT2D eigenvalue weighted by atomic mass is 10.0. The third-order valence-corrected chi connectivity index (χ3v) is 11.9. The van der Waals surface area contributed by atoms with Gasteiger partial charge in [0.15, 0.2) is 0 Å². The van der Waals surface area contributed by atoms with Gasteiger partial charge >= 0.3 is 0 Å². The van der Waals surface area contributed by atoms with Gasteiger partial charge in [-0.25, -0.2) is 9.97 Å². The summed E-state index contributed by atoms with van der Waals surface area (Å²) < 4.78 is 0. The van der Waals surface area contributed by atoms with Crippen LogP contribution < -0.4 is 26.6 Å². The minimum atomic E-state index is -0.0728. The zero-order chi connectivity index (χ0) is 40.2. The van der Waals surface area contributed by atoms with Gasteiger partial charge in [0.2, 0.25) is 0 Å². The molecule has 11 nitrogen and oxygen atoms in total. The quantitative estimate of drug-likeness (QED) is 0.0447. The van der Waals surface area contributed by atoms with Gasteiger partial charge in [-0.3, -0.25) is 9.59 Å². The van der Waals surface area contributed by atoms with Crippen LogP contribution in [0.15, 0.2) is 84.9 Å². The van der Waals surface area contributed by atoms with Gasteiger partial charge in [0.25, 0.3) is 11.8 Å². The van der Waals surface area contributed by atoms with Gasteiger partial charge in [-0.1, -0.05) is 73.5 Å². The number of hydrogen-bond donors (Lipinski definition) is 5. The number of likely N-dealkylation sites (tertiary alicyclic amines) is 2. The molecular formula is C48H59N9O2. The van der Waals surface area contributed by atoms with Crippen LogP contribution in [0.2, 0.25) is 0 Å². The van der Waals surface area contributed by atoms with Crippen molar-refractivity contribution in [1.82, 2.24) is 35.7 Å². The summed E-state index contributed by atoms with van der Waals surface area (Å²) in [6, 6.07) is 28.1. The Balaban J connectivity index is 0.842. The smallest absolute Gasteiger partial charge is 0.253 e. The number of carbonyl (C=O) groups is 2. The molecule has 6 aromatic rings. The lowest BCUT2D eigenvalue weighted by Gasteiger charge is -2.26. The third-order valence-electron chi connectivity index (χ3n) is 11.9. The number of benzene rings is 4. The number of aromatic nitrogens is 2. The summed E-state index contributed by atoms with van der Waals surface area (Å²) >= 11 is 0. The zero-order valence-electron chi connectivity index (χ0n) is 34.3. The Kier molecular flexibility index (Phi) is 13.7. The Labute approximate surface area is 347 Å². The summed E-state index contributed by atoms with van der Waals surface area (Å²) in [5.74, 6) is -0.146. The Morgan fingerprint density at radius 2 is 0.898 bits per heavy atom. The summed E-state index contributed by atoms with van der Waals surface area (Å²) in [4.78, 5) is 41.7. The molecule has 59 heavy (non-hydrogen) atoms. The number of fused-ring (bicyclic) bond motifs is 4. The van der Waals surface area contributed by atoms with E-state index in [9.17, 15) is 9.59 Å². The van der Waals surface area contributed by atoms with Gasteiger partial charge < -0.3 is 36.4 Å². The van der Waals surface area contributed by atoms with Crippen LogP contribution in [0.4, 0.5) is 11.4 Å². The van der Waals surface area contributed by atoms with Crippen molar-refractivity contribution in [3.63, 3.8) is 0 Å². The van der Waals surface area contributed by atoms with Crippen molar-refractivity contribution >= 4 is 66.8 Å². The largest absolute Gasteiger partial charge is 0.384 e. The van der Waals surface area contributed by atoms with Crippen LogP contribution in [0.1, 0.15) is 72.1 Å². The van der Waals surface area contributed by atoms with E-state index in [2.05, 4.69) is 60.6 Å². The first-order valence-corrected chi connectivity index (χ1v) is 22.0. The molecule has 2 fully saturated rings. The van der Waals surface area contributed by atoms with Gasteiger partial charge in [-0.15, -0.1) is 0 Å². The fourth-order valence-corrected chi connectivity index (χ4v) is 8.77. The Morgan fingerprint density at radius 3 is 1.36 bits per heavy atom. The molecule has 2 amide bonds. The molecule has 2 saturated heterocycles. The maximum Gasteiger partial charge on any atom is 0.253 e. The third kappa shape index (κ3) is 9.92. The monoisotopic (exact) mass is 793 g/mol. The predicted molar refractivity (Wildman–Crippen MR) is 243 cm³/mol. The fraction of sp³-hybridized carbons (Fsp3) is 0.417. The number of carbonyl (C=O) groups excluding carboxylic acids is 2. The van der Waals surface area contributed by atoms with E-state index in [4.69, 9.17) is 9.97 Å². The SMILES string of the molecule is O=C(NCCN1CCCCC1)c1cccc2c(NCCCNCCCNc3c4ccccc4nc4c(C(=O)NCCN5CCCCC5)cccc34)c3ccccc3nc12. The number of rotatable bonds is 18. The van der Waals surface area contributed by atoms with Gasteiger partial charge in [-0.05, 0) is 102 Å². The molecule has 308 valence electrons. The molecule has 0 bridgehead atoms. The highest BCUT2D eigenvalue weighted by atomic mass is 16.2. The van der Waals surface area contributed by atoms with Gasteiger partial charge in [0, 0.05) is 60.8 Å².